The monoisotopic (exact) mass is 368 g/mol. The number of aromatic nitrogens is 4. The van der Waals surface area contributed by atoms with Gasteiger partial charge in [-0.3, -0.25) is 19.0 Å². The van der Waals surface area contributed by atoms with E-state index in [4.69, 9.17) is 0 Å². The molecular formula is C13H17BrN6O2. The molecule has 2 amide bonds. The fourth-order valence-corrected chi connectivity index (χ4v) is 2.22. The molecule has 0 aromatic carbocycles. The Morgan fingerprint density at radius 3 is 2.64 bits per heavy atom. The second-order valence-corrected chi connectivity index (χ2v) is 5.62. The summed E-state index contributed by atoms with van der Waals surface area (Å²) in [6.45, 7) is 2.33. The normalized spacial score (nSPS) is 10.5. The number of nitrogens with one attached hydrogen (secondary N) is 2. The van der Waals surface area contributed by atoms with Crippen LogP contribution in [0, 0.1) is 6.92 Å². The van der Waals surface area contributed by atoms with Crippen molar-refractivity contribution in [2.24, 2.45) is 7.05 Å². The lowest BCUT2D eigenvalue weighted by Gasteiger charge is -2.05. The van der Waals surface area contributed by atoms with E-state index in [1.807, 2.05) is 13.1 Å². The Morgan fingerprint density at radius 1 is 1.32 bits per heavy atom. The number of nitrogens with zero attached hydrogens (tertiary/aromatic N) is 4. The van der Waals surface area contributed by atoms with Crippen molar-refractivity contribution < 1.29 is 9.59 Å². The number of aryl methyl sites for hydroxylation is 3. The number of halogens is 1. The average Bonchev–Trinajstić information content (AvgIpc) is 2.99. The smallest absolute Gasteiger partial charge is 0.273 e. The van der Waals surface area contributed by atoms with Crippen molar-refractivity contribution in [2.45, 2.75) is 19.9 Å². The first-order valence-electron chi connectivity index (χ1n) is 6.66. The predicted octanol–water partition coefficient (Wildman–Crippen LogP) is 1.08. The first kappa shape index (κ1) is 16.2. The Labute approximate surface area is 136 Å². The van der Waals surface area contributed by atoms with E-state index in [-0.39, 0.29) is 23.9 Å². The molecule has 0 radical (unpaired) electrons. The van der Waals surface area contributed by atoms with Gasteiger partial charge in [-0.05, 0) is 22.9 Å². The maximum absolute atomic E-state index is 12.0. The second kappa shape index (κ2) is 6.73. The minimum absolute atomic E-state index is 0.191. The van der Waals surface area contributed by atoms with Crippen molar-refractivity contribution in [2.75, 3.05) is 12.4 Å². The standard InChI is InChI=1S/C13H17BrN6O2/c1-8-9(14)6-20(17-8)5-4-11(21)16-10-7-19(3)18-12(10)13(22)15-2/h6-7H,4-5H2,1-3H3,(H,15,22)(H,16,21). The van der Waals surface area contributed by atoms with Gasteiger partial charge in [0, 0.05) is 39.5 Å². The summed E-state index contributed by atoms with van der Waals surface area (Å²) < 4.78 is 4.08. The molecule has 2 heterocycles. The van der Waals surface area contributed by atoms with Crippen LogP contribution in [0.25, 0.3) is 0 Å². The minimum atomic E-state index is -0.345. The highest BCUT2D eigenvalue weighted by Gasteiger charge is 2.16. The zero-order chi connectivity index (χ0) is 16.3. The number of carbonyl (C=O) groups excluding carboxylic acids is 2. The Kier molecular flexibility index (Phi) is 4.96. The van der Waals surface area contributed by atoms with Crippen molar-refractivity contribution in [3.8, 4) is 0 Å². The van der Waals surface area contributed by atoms with Crippen LogP contribution in [0.1, 0.15) is 22.6 Å². The number of carbonyl (C=O) groups is 2. The van der Waals surface area contributed by atoms with Crippen LogP contribution < -0.4 is 10.6 Å². The summed E-state index contributed by atoms with van der Waals surface area (Å²) in [5.41, 5.74) is 1.45. The average molecular weight is 369 g/mol. The molecule has 0 aliphatic heterocycles. The largest absolute Gasteiger partial charge is 0.354 e. The van der Waals surface area contributed by atoms with E-state index < -0.39 is 0 Å². The van der Waals surface area contributed by atoms with E-state index >= 15 is 0 Å². The lowest BCUT2D eigenvalue weighted by atomic mass is 10.3. The van der Waals surface area contributed by atoms with Gasteiger partial charge in [-0.2, -0.15) is 10.2 Å². The van der Waals surface area contributed by atoms with Gasteiger partial charge in [-0.1, -0.05) is 0 Å². The van der Waals surface area contributed by atoms with Gasteiger partial charge >= 0.3 is 0 Å². The van der Waals surface area contributed by atoms with Gasteiger partial charge in [-0.25, -0.2) is 0 Å². The molecule has 2 N–H and O–H groups in total. The highest BCUT2D eigenvalue weighted by atomic mass is 79.9. The summed E-state index contributed by atoms with van der Waals surface area (Å²) in [6, 6.07) is 0. The lowest BCUT2D eigenvalue weighted by molar-refractivity contribution is -0.116. The summed E-state index contributed by atoms with van der Waals surface area (Å²) in [4.78, 5) is 23.7. The summed E-state index contributed by atoms with van der Waals surface area (Å²) in [7, 11) is 3.20. The van der Waals surface area contributed by atoms with Gasteiger partial charge in [0.15, 0.2) is 5.69 Å². The number of hydrogen-bond acceptors (Lipinski definition) is 4. The molecule has 0 atom stereocenters. The molecule has 0 bridgehead atoms. The van der Waals surface area contributed by atoms with Crippen molar-refractivity contribution in [3.63, 3.8) is 0 Å². The SMILES string of the molecule is CNC(=O)c1nn(C)cc1NC(=O)CCn1cc(Br)c(C)n1. The highest BCUT2D eigenvalue weighted by molar-refractivity contribution is 9.10. The lowest BCUT2D eigenvalue weighted by Crippen LogP contribution is -2.22. The van der Waals surface area contributed by atoms with Crippen LogP contribution in [0.5, 0.6) is 0 Å². The zero-order valence-corrected chi connectivity index (χ0v) is 14.1. The number of hydrogen-bond donors (Lipinski definition) is 2. The molecule has 0 fully saturated rings. The first-order valence-corrected chi connectivity index (χ1v) is 7.45. The van der Waals surface area contributed by atoms with Crippen LogP contribution in [-0.2, 0) is 18.4 Å². The van der Waals surface area contributed by atoms with Crippen LogP contribution in [0.4, 0.5) is 5.69 Å². The summed E-state index contributed by atoms with van der Waals surface area (Å²) in [5, 5.41) is 13.5. The Balaban J connectivity index is 1.99. The van der Waals surface area contributed by atoms with E-state index in [1.54, 1.807) is 17.9 Å². The van der Waals surface area contributed by atoms with E-state index in [2.05, 4.69) is 36.8 Å². The van der Waals surface area contributed by atoms with Crippen LogP contribution in [0.15, 0.2) is 16.9 Å². The van der Waals surface area contributed by atoms with Crippen LogP contribution in [0.2, 0.25) is 0 Å². The number of anilines is 1. The van der Waals surface area contributed by atoms with Gasteiger partial charge in [0.25, 0.3) is 5.91 Å². The third kappa shape index (κ3) is 3.73. The molecular weight excluding hydrogens is 352 g/mol. The highest BCUT2D eigenvalue weighted by Crippen LogP contribution is 2.15. The first-order chi connectivity index (χ1) is 10.4. The van der Waals surface area contributed by atoms with Gasteiger partial charge < -0.3 is 10.6 Å². The molecule has 2 aromatic rings. The quantitative estimate of drug-likeness (QED) is 0.825. The van der Waals surface area contributed by atoms with Gasteiger partial charge in [0.1, 0.15) is 0 Å². The molecule has 9 heteroatoms. The molecule has 118 valence electrons. The van der Waals surface area contributed by atoms with Crippen molar-refractivity contribution in [1.29, 1.82) is 0 Å². The van der Waals surface area contributed by atoms with Gasteiger partial charge in [0.2, 0.25) is 5.91 Å². The Hall–Kier alpha value is -2.16. The van der Waals surface area contributed by atoms with E-state index in [0.29, 0.717) is 12.2 Å². The third-order valence-corrected chi connectivity index (χ3v) is 3.78. The van der Waals surface area contributed by atoms with E-state index in [9.17, 15) is 9.59 Å². The summed E-state index contributed by atoms with van der Waals surface area (Å²) in [6.07, 6.45) is 3.66. The van der Waals surface area contributed by atoms with Crippen molar-refractivity contribution in [3.05, 3.63) is 28.3 Å². The van der Waals surface area contributed by atoms with Crippen molar-refractivity contribution in [1.82, 2.24) is 24.9 Å². The molecule has 8 nitrogen and oxygen atoms in total. The molecule has 0 saturated carbocycles. The summed E-state index contributed by atoms with van der Waals surface area (Å²) in [5.74, 6) is -0.551. The van der Waals surface area contributed by atoms with Gasteiger partial charge in [0.05, 0.1) is 15.9 Å². The summed E-state index contributed by atoms with van der Waals surface area (Å²) >= 11 is 3.37. The number of rotatable bonds is 5. The van der Waals surface area contributed by atoms with Gasteiger partial charge in [-0.15, -0.1) is 0 Å². The minimum Gasteiger partial charge on any atom is -0.354 e. The Bertz CT molecular complexity index is 686. The molecule has 22 heavy (non-hydrogen) atoms. The molecule has 0 spiro atoms. The van der Waals surface area contributed by atoms with Crippen LogP contribution in [-0.4, -0.2) is 38.4 Å². The molecule has 0 unspecified atom stereocenters. The fraction of sp³-hybridized carbons (Fsp3) is 0.385. The topological polar surface area (TPSA) is 93.8 Å². The van der Waals surface area contributed by atoms with E-state index in [0.717, 1.165) is 10.2 Å². The third-order valence-electron chi connectivity index (χ3n) is 3.00. The molecule has 0 saturated heterocycles. The van der Waals surface area contributed by atoms with Crippen molar-refractivity contribution >= 4 is 33.4 Å². The van der Waals surface area contributed by atoms with Crippen LogP contribution >= 0.6 is 15.9 Å². The second-order valence-electron chi connectivity index (χ2n) is 4.77. The zero-order valence-electron chi connectivity index (χ0n) is 12.6. The van der Waals surface area contributed by atoms with E-state index in [1.165, 1.54) is 11.7 Å². The maximum Gasteiger partial charge on any atom is 0.273 e. The molecule has 0 aliphatic rings. The molecule has 2 rings (SSSR count). The molecule has 2 aromatic heterocycles. The fourth-order valence-electron chi connectivity index (χ4n) is 1.90. The number of amides is 2. The predicted molar refractivity (Wildman–Crippen MR) is 84.5 cm³/mol. The van der Waals surface area contributed by atoms with Crippen LogP contribution in [0.3, 0.4) is 0 Å². The maximum atomic E-state index is 12.0. The molecule has 0 aliphatic carbocycles. The Morgan fingerprint density at radius 2 is 2.05 bits per heavy atom.